The van der Waals surface area contributed by atoms with E-state index in [9.17, 15) is 14.7 Å². The Labute approximate surface area is 268 Å². The molecule has 0 rings (SSSR count). The van der Waals surface area contributed by atoms with Crippen LogP contribution < -0.4 is 0 Å². The van der Waals surface area contributed by atoms with Crippen LogP contribution in [0.2, 0.25) is 0 Å². The van der Waals surface area contributed by atoms with Gasteiger partial charge in [-0.1, -0.05) is 181 Å². The summed E-state index contributed by atoms with van der Waals surface area (Å²) in [6.07, 6.45) is 28.5. The number of ether oxygens (including phenoxy) is 2. The number of carbonyl (C=O) groups excluding carboxylic acids is 2. The van der Waals surface area contributed by atoms with Crippen LogP contribution in [-0.2, 0) is 19.1 Å². The fourth-order valence-corrected chi connectivity index (χ4v) is 5.26. The number of hydrogen-bond acceptors (Lipinski definition) is 5. The van der Waals surface area contributed by atoms with Crippen LogP contribution in [0.4, 0.5) is 0 Å². The molecular weight excluding hydrogens is 524 g/mol. The number of unbranched alkanes of at least 4 members (excludes halogenated alkanes) is 26. The van der Waals surface area contributed by atoms with Crippen molar-refractivity contribution in [3.8, 4) is 0 Å². The smallest absolute Gasteiger partial charge is 0.305 e. The minimum atomic E-state index is -3.64. The third-order valence-electron chi connectivity index (χ3n) is 7.99. The number of hydrogen-bond donors (Lipinski definition) is 1. The molecular formula is C37H72O5. The maximum Gasteiger partial charge on any atom is 0.305 e. The van der Waals surface area contributed by atoms with Gasteiger partial charge in [0.15, 0.2) is 0 Å². The van der Waals surface area contributed by atoms with Gasteiger partial charge in [-0.15, -0.1) is 0 Å². The van der Waals surface area contributed by atoms with Crippen LogP contribution in [0.25, 0.3) is 0 Å². The molecule has 0 aliphatic carbocycles. The average molecular weight is 602 g/mol. The van der Waals surface area contributed by atoms with Gasteiger partial charge in [0.05, 0.1) is 6.85 Å². The van der Waals surface area contributed by atoms with Gasteiger partial charge < -0.3 is 14.6 Å². The zero-order valence-corrected chi connectivity index (χ0v) is 27.8. The van der Waals surface area contributed by atoms with Gasteiger partial charge in [0, 0.05) is 12.8 Å². The van der Waals surface area contributed by atoms with Crippen LogP contribution in [0, 0.1) is 0 Å². The molecule has 0 radical (unpaired) electrons. The Kier molecular flexibility index (Phi) is 26.4. The number of esters is 2. The Hall–Kier alpha value is -1.10. The highest BCUT2D eigenvalue weighted by Crippen LogP contribution is 2.15. The predicted molar refractivity (Wildman–Crippen MR) is 178 cm³/mol. The highest BCUT2D eigenvalue weighted by Gasteiger charge is 2.12. The maximum atomic E-state index is 12.3. The van der Waals surface area contributed by atoms with Gasteiger partial charge in [0.1, 0.15) is 19.2 Å². The maximum absolute atomic E-state index is 12.3. The molecule has 0 saturated heterocycles. The molecule has 0 aliphatic rings. The number of rotatable bonds is 34. The Morgan fingerprint density at radius 1 is 0.476 bits per heavy atom. The summed E-state index contributed by atoms with van der Waals surface area (Å²) in [5, 5.41) is 10.4. The van der Waals surface area contributed by atoms with Gasteiger partial charge in [-0.3, -0.25) is 9.59 Å². The van der Waals surface area contributed by atoms with Crippen molar-refractivity contribution in [1.82, 2.24) is 0 Å². The lowest BCUT2D eigenvalue weighted by atomic mass is 10.0. The first-order chi connectivity index (χ1) is 22.4. The molecule has 0 unspecified atom stereocenters. The Bertz CT molecular complexity index is 763. The zero-order valence-electron chi connectivity index (χ0n) is 32.8. The topological polar surface area (TPSA) is 72.8 Å². The quantitative estimate of drug-likeness (QED) is 0.0586. The van der Waals surface area contributed by atoms with E-state index in [0.29, 0.717) is 12.8 Å². The molecule has 5 nitrogen and oxygen atoms in total. The molecule has 0 heterocycles. The van der Waals surface area contributed by atoms with Crippen LogP contribution >= 0.6 is 0 Å². The van der Waals surface area contributed by atoms with E-state index in [-0.39, 0.29) is 12.8 Å². The standard InChI is InChI=1S/C37H72O5/c1-3-5-7-9-11-13-15-17-18-20-22-24-26-28-30-32-37(40)42-34-35(38)33-41-36(39)31-29-27-25-23-21-19-16-14-12-10-8-6-4-2/h35,38H,3-34H2,1-2H3/t35-/m0/s1/i33D2,34D2,35D. The molecule has 1 atom stereocenters. The second kappa shape index (κ2) is 34.4. The zero-order chi connectivity index (χ0) is 35.3. The van der Waals surface area contributed by atoms with Gasteiger partial charge in [-0.25, -0.2) is 0 Å². The van der Waals surface area contributed by atoms with Crippen molar-refractivity contribution in [2.45, 2.75) is 213 Å². The monoisotopic (exact) mass is 602 g/mol. The van der Waals surface area contributed by atoms with Crippen molar-refractivity contribution in [3.63, 3.8) is 0 Å². The fraction of sp³-hybridized carbons (Fsp3) is 0.946. The fourth-order valence-electron chi connectivity index (χ4n) is 5.26. The van der Waals surface area contributed by atoms with Crippen molar-refractivity contribution in [2.24, 2.45) is 0 Å². The van der Waals surface area contributed by atoms with Gasteiger partial charge in [0.25, 0.3) is 0 Å². The minimum absolute atomic E-state index is 0.102. The highest BCUT2D eigenvalue weighted by atomic mass is 16.6. The summed E-state index contributed by atoms with van der Waals surface area (Å²) in [5.41, 5.74) is 0. The van der Waals surface area contributed by atoms with Crippen LogP contribution in [-0.4, -0.2) is 36.2 Å². The van der Waals surface area contributed by atoms with E-state index >= 15 is 0 Å². The normalized spacial score (nSPS) is 15.2. The highest BCUT2D eigenvalue weighted by molar-refractivity contribution is 5.69. The molecule has 0 aromatic rings. The van der Waals surface area contributed by atoms with E-state index in [2.05, 4.69) is 13.8 Å². The molecule has 0 amide bonds. The summed E-state index contributed by atoms with van der Waals surface area (Å²) >= 11 is 0. The summed E-state index contributed by atoms with van der Waals surface area (Å²) in [5.74, 6) is -1.94. The van der Waals surface area contributed by atoms with E-state index in [1.165, 1.54) is 116 Å². The van der Waals surface area contributed by atoms with Gasteiger partial charge in [-0.05, 0) is 12.8 Å². The third kappa shape index (κ3) is 33.4. The average Bonchev–Trinajstić information content (AvgIpc) is 3.00. The lowest BCUT2D eigenvalue weighted by Crippen LogP contribution is -2.25. The van der Waals surface area contributed by atoms with E-state index in [4.69, 9.17) is 16.3 Å². The largest absolute Gasteiger partial charge is 0.463 e. The van der Waals surface area contributed by atoms with E-state index in [1.54, 1.807) is 0 Å². The first-order valence-corrected chi connectivity index (χ1v) is 18.1. The second-order valence-electron chi connectivity index (χ2n) is 12.2. The van der Waals surface area contributed by atoms with Crippen LogP contribution in [0.3, 0.4) is 0 Å². The second-order valence-corrected chi connectivity index (χ2v) is 12.2. The molecule has 0 fully saturated rings. The summed E-state index contributed by atoms with van der Waals surface area (Å²) in [4.78, 5) is 24.5. The van der Waals surface area contributed by atoms with Gasteiger partial charge >= 0.3 is 11.9 Å². The molecule has 0 spiro atoms. The van der Waals surface area contributed by atoms with E-state index < -0.39 is 31.1 Å². The predicted octanol–water partition coefficient (Wildman–Crippen LogP) is 11.2. The Balaban J connectivity index is 4.05. The van der Waals surface area contributed by atoms with Crippen molar-refractivity contribution < 1.29 is 31.0 Å². The summed E-state index contributed by atoms with van der Waals surface area (Å²) in [6, 6.07) is 0. The molecule has 0 aliphatic heterocycles. The van der Waals surface area contributed by atoms with Crippen LogP contribution in [0.15, 0.2) is 0 Å². The molecule has 5 heteroatoms. The van der Waals surface area contributed by atoms with Crippen LogP contribution in [0.5, 0.6) is 0 Å². The number of aliphatic hydroxyl groups is 1. The Morgan fingerprint density at radius 2 is 0.690 bits per heavy atom. The van der Waals surface area contributed by atoms with E-state index in [1.807, 2.05) is 0 Å². The summed E-state index contributed by atoms with van der Waals surface area (Å²) in [6.45, 7) is -2.37. The molecule has 0 aromatic heterocycles. The first kappa shape index (κ1) is 32.3. The van der Waals surface area contributed by atoms with Gasteiger partial charge in [-0.2, -0.15) is 0 Å². The third-order valence-corrected chi connectivity index (χ3v) is 7.99. The van der Waals surface area contributed by atoms with Gasteiger partial charge in [0.2, 0.25) is 0 Å². The molecule has 42 heavy (non-hydrogen) atoms. The van der Waals surface area contributed by atoms with Crippen molar-refractivity contribution in [1.29, 1.82) is 0 Å². The summed E-state index contributed by atoms with van der Waals surface area (Å²) in [7, 11) is 0. The summed E-state index contributed by atoms with van der Waals surface area (Å²) < 4.78 is 49.0. The minimum Gasteiger partial charge on any atom is -0.463 e. The lowest BCUT2D eigenvalue weighted by molar-refractivity contribution is -0.152. The molecule has 0 saturated carbocycles. The Morgan fingerprint density at radius 3 is 0.929 bits per heavy atom. The van der Waals surface area contributed by atoms with Crippen molar-refractivity contribution in [2.75, 3.05) is 13.1 Å². The lowest BCUT2D eigenvalue weighted by Gasteiger charge is -2.12. The van der Waals surface area contributed by atoms with Crippen molar-refractivity contribution in [3.05, 3.63) is 0 Å². The van der Waals surface area contributed by atoms with Crippen LogP contribution in [0.1, 0.15) is 213 Å². The molecule has 1 N–H and O–H groups in total. The number of carbonyl (C=O) groups is 2. The van der Waals surface area contributed by atoms with E-state index in [0.717, 1.165) is 51.4 Å². The van der Waals surface area contributed by atoms with Crippen molar-refractivity contribution >= 4 is 11.9 Å². The SMILES string of the molecule is [2H]C([2H])(OC(=O)CCCCCCCCCCCCCCC)[C@]([2H])(O)C([2H])([2H])OC(=O)CCCCCCCCCCCCCCCCC. The molecule has 250 valence electrons. The molecule has 0 bridgehead atoms. The molecule has 0 aromatic carbocycles. The first-order valence-electron chi connectivity index (χ1n) is 20.6.